The maximum atomic E-state index is 9.61. The molecule has 0 spiro atoms. The fourth-order valence-corrected chi connectivity index (χ4v) is 1.04. The van der Waals surface area contributed by atoms with Crippen LogP contribution in [0.3, 0.4) is 0 Å². The molecule has 2 nitrogen and oxygen atoms in total. The molecule has 0 rings (SSSR count). The average molecular weight is 242 g/mol. The Balaban J connectivity index is 2.66. The summed E-state index contributed by atoms with van der Waals surface area (Å²) in [7, 11) is 0. The van der Waals surface area contributed by atoms with E-state index in [-0.39, 0.29) is 0 Å². The number of ether oxygens (including phenoxy) is 1. The summed E-state index contributed by atoms with van der Waals surface area (Å²) in [6.07, 6.45) is 3.39. The van der Waals surface area contributed by atoms with Crippen LogP contribution < -0.4 is 0 Å². The molecule has 0 aromatic rings. The molecule has 0 amide bonds. The summed E-state index contributed by atoms with van der Waals surface area (Å²) in [4.78, 5) is 9.61. The van der Waals surface area contributed by atoms with Gasteiger partial charge in [-0.15, -0.1) is 0 Å². The van der Waals surface area contributed by atoms with Crippen molar-refractivity contribution in [2.75, 3.05) is 11.0 Å². The summed E-state index contributed by atoms with van der Waals surface area (Å²) < 4.78 is 5.69. The first-order chi connectivity index (χ1) is 4.41. The second-order valence-electron chi connectivity index (χ2n) is 1.72. The third-order valence-corrected chi connectivity index (χ3v) is 1.73. The van der Waals surface area contributed by atoms with E-state index >= 15 is 0 Å². The largest absolute Gasteiger partial charge is 0.468 e. The smallest absolute Gasteiger partial charge is 0.293 e. The summed E-state index contributed by atoms with van der Waals surface area (Å²) >= 11 is 2.34. The molecular weight excluding hydrogens is 231 g/mol. The number of hydrogen-bond donors (Lipinski definition) is 0. The van der Waals surface area contributed by atoms with Crippen LogP contribution >= 0.6 is 22.6 Å². The Hall–Kier alpha value is 0.200. The van der Waals surface area contributed by atoms with Crippen molar-refractivity contribution in [1.82, 2.24) is 0 Å². The van der Waals surface area contributed by atoms with Crippen molar-refractivity contribution in [3.8, 4) is 0 Å². The molecule has 0 aromatic heterocycles. The zero-order valence-electron chi connectivity index (χ0n) is 5.31. The molecule has 9 heavy (non-hydrogen) atoms. The average Bonchev–Trinajstić information content (AvgIpc) is 1.89. The quantitative estimate of drug-likeness (QED) is 0.307. The number of alkyl halides is 1. The van der Waals surface area contributed by atoms with Gasteiger partial charge in [-0.25, -0.2) is 0 Å². The molecule has 0 heterocycles. The lowest BCUT2D eigenvalue weighted by Gasteiger charge is -1.95. The predicted molar refractivity (Wildman–Crippen MR) is 44.8 cm³/mol. The molecule has 54 valence electrons. The van der Waals surface area contributed by atoms with E-state index in [0.29, 0.717) is 13.1 Å². The predicted octanol–water partition coefficient (Wildman–Crippen LogP) is 1.76. The van der Waals surface area contributed by atoms with Gasteiger partial charge in [0, 0.05) is 0 Å². The maximum absolute atomic E-state index is 9.61. The first-order valence-corrected chi connectivity index (χ1v) is 4.55. The summed E-state index contributed by atoms with van der Waals surface area (Å²) in [5.41, 5.74) is 0. The summed E-state index contributed by atoms with van der Waals surface area (Å²) in [5.74, 6) is 0. The van der Waals surface area contributed by atoms with Crippen LogP contribution in [0, 0.1) is 0 Å². The van der Waals surface area contributed by atoms with Crippen LogP contribution in [0.1, 0.15) is 19.3 Å². The molecule has 0 saturated heterocycles. The second kappa shape index (κ2) is 8.20. The van der Waals surface area contributed by atoms with Crippen LogP contribution in [0.5, 0.6) is 0 Å². The standard InChI is InChI=1S/C6H11IO2/c7-4-2-1-3-5-9-6-8/h6H,1-5H2. The van der Waals surface area contributed by atoms with E-state index in [1.54, 1.807) is 0 Å². The number of carbonyl (C=O) groups is 1. The number of unbranched alkanes of at least 4 members (excludes halogenated alkanes) is 2. The molecule has 0 aliphatic heterocycles. The van der Waals surface area contributed by atoms with Gasteiger partial charge in [0.15, 0.2) is 0 Å². The fraction of sp³-hybridized carbons (Fsp3) is 0.833. The van der Waals surface area contributed by atoms with Crippen LogP contribution in [0.15, 0.2) is 0 Å². The van der Waals surface area contributed by atoms with Crippen molar-refractivity contribution < 1.29 is 9.53 Å². The van der Waals surface area contributed by atoms with Crippen LogP contribution in [-0.2, 0) is 9.53 Å². The van der Waals surface area contributed by atoms with Gasteiger partial charge in [-0.1, -0.05) is 22.6 Å². The minimum atomic E-state index is 0.504. The summed E-state index contributed by atoms with van der Waals surface area (Å²) in [5, 5.41) is 0. The Morgan fingerprint density at radius 2 is 2.11 bits per heavy atom. The third-order valence-electron chi connectivity index (χ3n) is 0.964. The third kappa shape index (κ3) is 8.20. The summed E-state index contributed by atoms with van der Waals surface area (Å²) in [6, 6.07) is 0. The zero-order chi connectivity index (χ0) is 6.95. The van der Waals surface area contributed by atoms with Crippen molar-refractivity contribution in [1.29, 1.82) is 0 Å². The molecule has 0 radical (unpaired) electrons. The Morgan fingerprint density at radius 1 is 1.33 bits per heavy atom. The normalized spacial score (nSPS) is 9.00. The highest BCUT2D eigenvalue weighted by atomic mass is 127. The Morgan fingerprint density at radius 3 is 2.67 bits per heavy atom. The monoisotopic (exact) mass is 242 g/mol. The van der Waals surface area contributed by atoms with Gasteiger partial charge in [0.25, 0.3) is 6.47 Å². The molecule has 0 aromatic carbocycles. The lowest BCUT2D eigenvalue weighted by Crippen LogP contribution is -1.90. The first kappa shape index (κ1) is 9.20. The topological polar surface area (TPSA) is 26.3 Å². The van der Waals surface area contributed by atoms with Crippen LogP contribution in [0.4, 0.5) is 0 Å². The zero-order valence-corrected chi connectivity index (χ0v) is 7.46. The van der Waals surface area contributed by atoms with Gasteiger partial charge in [0.1, 0.15) is 0 Å². The minimum absolute atomic E-state index is 0.504. The van der Waals surface area contributed by atoms with E-state index in [2.05, 4.69) is 27.3 Å². The minimum Gasteiger partial charge on any atom is -0.468 e. The molecule has 0 N–H and O–H groups in total. The highest BCUT2D eigenvalue weighted by molar-refractivity contribution is 14.1. The Kier molecular flexibility index (Phi) is 8.38. The van der Waals surface area contributed by atoms with E-state index in [0.717, 1.165) is 12.8 Å². The maximum Gasteiger partial charge on any atom is 0.293 e. The number of hydrogen-bond acceptors (Lipinski definition) is 2. The van der Waals surface area contributed by atoms with Gasteiger partial charge in [0.05, 0.1) is 6.61 Å². The fourth-order valence-electron chi connectivity index (χ4n) is 0.505. The van der Waals surface area contributed by atoms with Gasteiger partial charge in [-0.05, 0) is 23.7 Å². The molecule has 3 heteroatoms. The van der Waals surface area contributed by atoms with Gasteiger partial charge in [-0.3, -0.25) is 4.79 Å². The summed E-state index contributed by atoms with van der Waals surface area (Å²) in [6.45, 7) is 1.09. The SMILES string of the molecule is O=COCCCCCI. The first-order valence-electron chi connectivity index (χ1n) is 3.03. The second-order valence-corrected chi connectivity index (χ2v) is 2.80. The van der Waals surface area contributed by atoms with Crippen LogP contribution in [0.25, 0.3) is 0 Å². The van der Waals surface area contributed by atoms with Crippen LogP contribution in [-0.4, -0.2) is 17.5 Å². The highest BCUT2D eigenvalue weighted by Crippen LogP contribution is 1.97. The molecule has 0 atom stereocenters. The van der Waals surface area contributed by atoms with Gasteiger partial charge in [0.2, 0.25) is 0 Å². The molecule has 0 aliphatic rings. The Labute approximate surface area is 69.1 Å². The van der Waals surface area contributed by atoms with Crippen LogP contribution in [0.2, 0.25) is 0 Å². The number of rotatable bonds is 6. The van der Waals surface area contributed by atoms with Gasteiger partial charge in [-0.2, -0.15) is 0 Å². The van der Waals surface area contributed by atoms with Crippen molar-refractivity contribution in [3.63, 3.8) is 0 Å². The van der Waals surface area contributed by atoms with E-state index in [1.165, 1.54) is 10.8 Å². The highest BCUT2D eigenvalue weighted by Gasteiger charge is 1.85. The van der Waals surface area contributed by atoms with Gasteiger partial charge < -0.3 is 4.74 Å². The molecule has 0 saturated carbocycles. The number of halogens is 1. The molecular formula is C6H11IO2. The van der Waals surface area contributed by atoms with Crippen molar-refractivity contribution in [2.24, 2.45) is 0 Å². The van der Waals surface area contributed by atoms with E-state index in [9.17, 15) is 4.79 Å². The molecule has 0 fully saturated rings. The van der Waals surface area contributed by atoms with Crippen molar-refractivity contribution in [2.45, 2.75) is 19.3 Å². The van der Waals surface area contributed by atoms with Gasteiger partial charge >= 0.3 is 0 Å². The van der Waals surface area contributed by atoms with Crippen molar-refractivity contribution in [3.05, 3.63) is 0 Å². The lowest BCUT2D eigenvalue weighted by molar-refractivity contribution is -0.128. The van der Waals surface area contributed by atoms with E-state index < -0.39 is 0 Å². The van der Waals surface area contributed by atoms with Crippen molar-refractivity contribution >= 4 is 29.1 Å². The molecule has 0 aliphatic carbocycles. The molecule has 0 bridgehead atoms. The number of carbonyl (C=O) groups excluding carboxylic acids is 1. The Bertz CT molecular complexity index is 66.1. The lowest BCUT2D eigenvalue weighted by atomic mass is 10.3. The van der Waals surface area contributed by atoms with E-state index in [1.807, 2.05) is 0 Å². The van der Waals surface area contributed by atoms with E-state index in [4.69, 9.17) is 0 Å². The molecule has 0 unspecified atom stereocenters.